The third-order valence-corrected chi connectivity index (χ3v) is 4.41. The number of benzene rings is 2. The molecule has 3 rings (SSSR count). The van der Waals surface area contributed by atoms with E-state index in [0.717, 1.165) is 17.0 Å². The molecule has 4 amide bonds. The quantitative estimate of drug-likeness (QED) is 0.387. The molecular weight excluding hydrogens is 406 g/mol. The average molecular weight is 421 g/mol. The maximum absolute atomic E-state index is 12.4. The number of rotatable bonds is 7. The SMILES string of the molecule is N#CCC(=O)Nc1cccc(CNC(=O)CN2C(=O)c3ccc([N+](=O)[O-])cc3C2=O)c1. The maximum Gasteiger partial charge on any atom is 0.270 e. The highest BCUT2D eigenvalue weighted by Crippen LogP contribution is 2.26. The predicted octanol–water partition coefficient (Wildman–Crippen LogP) is 1.36. The number of nitro groups is 1. The van der Waals surface area contributed by atoms with Gasteiger partial charge in [-0.2, -0.15) is 5.26 Å². The molecule has 0 fully saturated rings. The van der Waals surface area contributed by atoms with Crippen molar-refractivity contribution in [2.45, 2.75) is 13.0 Å². The second-order valence-electron chi connectivity index (χ2n) is 6.54. The molecule has 0 aliphatic carbocycles. The van der Waals surface area contributed by atoms with Crippen molar-refractivity contribution in [1.29, 1.82) is 5.26 Å². The Hall–Kier alpha value is -4.59. The molecule has 1 aliphatic rings. The Morgan fingerprint density at radius 1 is 1.06 bits per heavy atom. The van der Waals surface area contributed by atoms with Crippen LogP contribution < -0.4 is 10.6 Å². The first-order valence-corrected chi connectivity index (χ1v) is 8.97. The van der Waals surface area contributed by atoms with Crippen molar-refractivity contribution in [3.63, 3.8) is 0 Å². The van der Waals surface area contributed by atoms with Gasteiger partial charge in [0.25, 0.3) is 17.5 Å². The molecule has 156 valence electrons. The molecule has 0 saturated heterocycles. The van der Waals surface area contributed by atoms with Crippen LogP contribution in [0.5, 0.6) is 0 Å². The molecule has 1 aliphatic heterocycles. The van der Waals surface area contributed by atoms with Crippen LogP contribution >= 0.6 is 0 Å². The smallest absolute Gasteiger partial charge is 0.270 e. The molecule has 1 heterocycles. The molecule has 11 nitrogen and oxygen atoms in total. The zero-order chi connectivity index (χ0) is 22.5. The van der Waals surface area contributed by atoms with E-state index in [1.54, 1.807) is 30.3 Å². The van der Waals surface area contributed by atoms with Crippen LogP contribution in [-0.2, 0) is 16.1 Å². The topological polar surface area (TPSA) is 163 Å². The number of imide groups is 1. The number of carbonyl (C=O) groups is 4. The summed E-state index contributed by atoms with van der Waals surface area (Å²) < 4.78 is 0. The van der Waals surface area contributed by atoms with E-state index in [4.69, 9.17) is 5.26 Å². The van der Waals surface area contributed by atoms with Crippen molar-refractivity contribution < 1.29 is 24.1 Å². The summed E-state index contributed by atoms with van der Waals surface area (Å²) in [7, 11) is 0. The maximum atomic E-state index is 12.4. The summed E-state index contributed by atoms with van der Waals surface area (Å²) in [5.74, 6) is -2.55. The van der Waals surface area contributed by atoms with Gasteiger partial charge in [-0.15, -0.1) is 0 Å². The fourth-order valence-corrected chi connectivity index (χ4v) is 2.97. The number of hydrogen-bond donors (Lipinski definition) is 2. The van der Waals surface area contributed by atoms with Crippen LogP contribution in [0.25, 0.3) is 0 Å². The van der Waals surface area contributed by atoms with Gasteiger partial charge in [-0.3, -0.25) is 34.2 Å². The van der Waals surface area contributed by atoms with Crippen LogP contribution in [0.2, 0.25) is 0 Å². The fourth-order valence-electron chi connectivity index (χ4n) is 2.97. The molecule has 0 aromatic heterocycles. The van der Waals surface area contributed by atoms with Crippen molar-refractivity contribution >= 4 is 35.0 Å². The van der Waals surface area contributed by atoms with E-state index in [1.807, 2.05) is 0 Å². The van der Waals surface area contributed by atoms with E-state index >= 15 is 0 Å². The Morgan fingerprint density at radius 3 is 2.52 bits per heavy atom. The zero-order valence-electron chi connectivity index (χ0n) is 16.0. The molecule has 0 radical (unpaired) electrons. The van der Waals surface area contributed by atoms with Gasteiger partial charge in [0.2, 0.25) is 11.8 Å². The molecule has 2 aromatic carbocycles. The van der Waals surface area contributed by atoms with Gasteiger partial charge >= 0.3 is 0 Å². The predicted molar refractivity (Wildman–Crippen MR) is 106 cm³/mol. The Bertz CT molecular complexity index is 1150. The first-order chi connectivity index (χ1) is 14.8. The number of anilines is 1. The van der Waals surface area contributed by atoms with Crippen LogP contribution in [0.1, 0.15) is 32.7 Å². The van der Waals surface area contributed by atoms with Crippen LogP contribution in [0.3, 0.4) is 0 Å². The summed E-state index contributed by atoms with van der Waals surface area (Å²) in [4.78, 5) is 59.5. The Balaban J connectivity index is 1.61. The second-order valence-corrected chi connectivity index (χ2v) is 6.54. The average Bonchev–Trinajstić information content (AvgIpc) is 2.97. The van der Waals surface area contributed by atoms with E-state index in [0.29, 0.717) is 11.3 Å². The highest BCUT2D eigenvalue weighted by Gasteiger charge is 2.37. The Morgan fingerprint density at radius 2 is 1.81 bits per heavy atom. The van der Waals surface area contributed by atoms with E-state index < -0.39 is 35.1 Å². The molecule has 0 atom stereocenters. The molecular formula is C20H15N5O6. The van der Waals surface area contributed by atoms with Crippen LogP contribution in [0.15, 0.2) is 42.5 Å². The van der Waals surface area contributed by atoms with Gasteiger partial charge in [-0.05, 0) is 23.8 Å². The standard InChI is InChI=1S/C20H15N5O6/c21-7-6-17(26)23-13-3-1-2-12(8-13)10-22-18(27)11-24-19(28)15-5-4-14(25(30)31)9-16(15)20(24)29/h1-5,8-9H,6,10-11H2,(H,22,27)(H,23,26). The summed E-state index contributed by atoms with van der Waals surface area (Å²) in [5, 5.41) is 24.5. The summed E-state index contributed by atoms with van der Waals surface area (Å²) in [6.45, 7) is -0.478. The van der Waals surface area contributed by atoms with Gasteiger partial charge in [0.15, 0.2) is 0 Å². The summed E-state index contributed by atoms with van der Waals surface area (Å²) in [6, 6.07) is 11.6. The monoisotopic (exact) mass is 421 g/mol. The van der Waals surface area contributed by atoms with Gasteiger partial charge in [0.05, 0.1) is 22.1 Å². The van der Waals surface area contributed by atoms with E-state index in [1.165, 1.54) is 6.07 Å². The van der Waals surface area contributed by atoms with Crippen molar-refractivity contribution in [3.8, 4) is 6.07 Å². The molecule has 2 aromatic rings. The molecule has 2 N–H and O–H groups in total. The zero-order valence-corrected chi connectivity index (χ0v) is 16.0. The number of nitrogens with zero attached hydrogens (tertiary/aromatic N) is 3. The first-order valence-electron chi connectivity index (χ1n) is 8.97. The minimum Gasteiger partial charge on any atom is -0.350 e. The number of nitriles is 1. The Labute approximate surface area is 175 Å². The Kier molecular flexibility index (Phi) is 6.02. The third kappa shape index (κ3) is 4.70. The lowest BCUT2D eigenvalue weighted by Gasteiger charge is -2.14. The molecule has 0 saturated carbocycles. The normalized spacial score (nSPS) is 12.2. The van der Waals surface area contributed by atoms with Crippen molar-refractivity contribution in [2.75, 3.05) is 11.9 Å². The highest BCUT2D eigenvalue weighted by atomic mass is 16.6. The largest absolute Gasteiger partial charge is 0.350 e. The van der Waals surface area contributed by atoms with E-state index in [9.17, 15) is 29.3 Å². The van der Waals surface area contributed by atoms with Crippen molar-refractivity contribution in [1.82, 2.24) is 10.2 Å². The van der Waals surface area contributed by atoms with E-state index in [-0.39, 0.29) is 29.8 Å². The van der Waals surface area contributed by atoms with Crippen LogP contribution in [0.4, 0.5) is 11.4 Å². The molecule has 11 heteroatoms. The lowest BCUT2D eigenvalue weighted by atomic mass is 10.1. The van der Waals surface area contributed by atoms with Gasteiger partial charge in [0.1, 0.15) is 13.0 Å². The van der Waals surface area contributed by atoms with Gasteiger partial charge < -0.3 is 10.6 Å². The number of nitro benzene ring substituents is 1. The van der Waals surface area contributed by atoms with Crippen LogP contribution in [0, 0.1) is 21.4 Å². The van der Waals surface area contributed by atoms with Gasteiger partial charge in [-0.1, -0.05) is 12.1 Å². The third-order valence-electron chi connectivity index (χ3n) is 4.41. The molecule has 0 unspecified atom stereocenters. The summed E-state index contributed by atoms with van der Waals surface area (Å²) in [5.41, 5.74) is 0.653. The van der Waals surface area contributed by atoms with Crippen molar-refractivity contribution in [2.24, 2.45) is 0 Å². The summed E-state index contributed by atoms with van der Waals surface area (Å²) >= 11 is 0. The number of carbonyl (C=O) groups excluding carboxylic acids is 4. The minimum atomic E-state index is -0.777. The van der Waals surface area contributed by atoms with Crippen molar-refractivity contribution in [3.05, 3.63) is 69.3 Å². The van der Waals surface area contributed by atoms with Gasteiger partial charge in [-0.25, -0.2) is 0 Å². The number of non-ortho nitro benzene ring substituents is 1. The number of fused-ring (bicyclic) bond motifs is 1. The number of hydrogen-bond acceptors (Lipinski definition) is 7. The lowest BCUT2D eigenvalue weighted by molar-refractivity contribution is -0.384. The first kappa shape index (κ1) is 21.1. The van der Waals surface area contributed by atoms with Crippen LogP contribution in [-0.4, -0.2) is 40.0 Å². The lowest BCUT2D eigenvalue weighted by Crippen LogP contribution is -2.40. The molecule has 0 bridgehead atoms. The molecule has 31 heavy (non-hydrogen) atoms. The molecule has 0 spiro atoms. The fraction of sp³-hybridized carbons (Fsp3) is 0.150. The van der Waals surface area contributed by atoms with Gasteiger partial charge in [0, 0.05) is 24.4 Å². The highest BCUT2D eigenvalue weighted by molar-refractivity contribution is 6.22. The van der Waals surface area contributed by atoms with E-state index in [2.05, 4.69) is 10.6 Å². The summed E-state index contributed by atoms with van der Waals surface area (Å²) in [6.07, 6.45) is -0.287. The minimum absolute atomic E-state index is 0.00390. The second kappa shape index (κ2) is 8.83. The number of nitrogens with one attached hydrogen (secondary N) is 2. The number of amides is 4.